The highest BCUT2D eigenvalue weighted by atomic mass is 15.3. The lowest BCUT2D eigenvalue weighted by Crippen LogP contribution is -2.40. The van der Waals surface area contributed by atoms with Crippen LogP contribution in [0.2, 0.25) is 0 Å². The summed E-state index contributed by atoms with van der Waals surface area (Å²) in [5.41, 5.74) is 0. The summed E-state index contributed by atoms with van der Waals surface area (Å²) in [6.45, 7) is 11.8. The highest BCUT2D eigenvalue weighted by molar-refractivity contribution is 5.28. The van der Waals surface area contributed by atoms with Crippen molar-refractivity contribution in [2.24, 2.45) is 5.92 Å². The van der Waals surface area contributed by atoms with Crippen LogP contribution >= 0.6 is 0 Å². The van der Waals surface area contributed by atoms with E-state index in [0.29, 0.717) is 0 Å². The molecule has 2 aliphatic heterocycles. The van der Waals surface area contributed by atoms with Crippen molar-refractivity contribution < 1.29 is 0 Å². The third kappa shape index (κ3) is 4.17. The average Bonchev–Trinajstić information content (AvgIpc) is 2.82. The van der Waals surface area contributed by atoms with Crippen LogP contribution in [0.1, 0.15) is 26.2 Å². The number of anilines is 1. The molecule has 0 bridgehead atoms. The summed E-state index contributed by atoms with van der Waals surface area (Å²) < 4.78 is 0. The van der Waals surface area contributed by atoms with Gasteiger partial charge in [-0.05, 0) is 57.4 Å². The molecule has 122 valence electrons. The van der Waals surface area contributed by atoms with Gasteiger partial charge in [-0.15, -0.1) is 0 Å². The molecule has 0 radical (unpaired) electrons. The van der Waals surface area contributed by atoms with Gasteiger partial charge in [0.15, 0.2) is 0 Å². The fourth-order valence-corrected chi connectivity index (χ4v) is 3.66. The Balaban J connectivity index is 1.47. The number of piperidine rings is 1. The first-order chi connectivity index (χ1) is 10.8. The molecular formula is C17H29N5. The molecule has 0 aromatic carbocycles. The minimum atomic E-state index is 0.889. The fourth-order valence-electron chi connectivity index (χ4n) is 3.66. The maximum absolute atomic E-state index is 4.39. The van der Waals surface area contributed by atoms with Gasteiger partial charge in [0.2, 0.25) is 5.95 Å². The minimum absolute atomic E-state index is 0.889. The van der Waals surface area contributed by atoms with Gasteiger partial charge in [0.1, 0.15) is 0 Å². The minimum Gasteiger partial charge on any atom is -0.339 e. The van der Waals surface area contributed by atoms with E-state index in [4.69, 9.17) is 0 Å². The highest BCUT2D eigenvalue weighted by Gasteiger charge is 2.22. The Morgan fingerprint density at radius 2 is 1.73 bits per heavy atom. The molecule has 2 saturated heterocycles. The molecule has 22 heavy (non-hydrogen) atoms. The van der Waals surface area contributed by atoms with Crippen LogP contribution in [0, 0.1) is 5.92 Å². The Hall–Kier alpha value is -1.20. The normalized spacial score (nSPS) is 22.7. The molecule has 5 nitrogen and oxygen atoms in total. The molecule has 3 heterocycles. The molecule has 0 unspecified atom stereocenters. The van der Waals surface area contributed by atoms with Crippen molar-refractivity contribution in [3.05, 3.63) is 18.5 Å². The third-order valence-electron chi connectivity index (χ3n) is 5.09. The van der Waals surface area contributed by atoms with Crippen LogP contribution < -0.4 is 4.90 Å². The van der Waals surface area contributed by atoms with E-state index in [1.807, 2.05) is 18.5 Å². The Morgan fingerprint density at radius 3 is 2.45 bits per heavy atom. The quantitative estimate of drug-likeness (QED) is 0.846. The molecule has 1 aromatic heterocycles. The van der Waals surface area contributed by atoms with Crippen molar-refractivity contribution in [1.82, 2.24) is 19.8 Å². The smallest absolute Gasteiger partial charge is 0.225 e. The zero-order valence-corrected chi connectivity index (χ0v) is 13.8. The lowest BCUT2D eigenvalue weighted by molar-refractivity contribution is 0.151. The van der Waals surface area contributed by atoms with Gasteiger partial charge in [0.05, 0.1) is 0 Å². The number of hydrogen-bond acceptors (Lipinski definition) is 5. The first-order valence-electron chi connectivity index (χ1n) is 8.82. The summed E-state index contributed by atoms with van der Waals surface area (Å²) in [5.74, 6) is 1.78. The number of likely N-dealkylation sites (tertiary alicyclic amines) is 1. The number of nitrogens with zero attached hydrogens (tertiary/aromatic N) is 5. The lowest BCUT2D eigenvalue weighted by atomic mass is 9.96. The predicted octanol–water partition coefficient (Wildman–Crippen LogP) is 1.72. The van der Waals surface area contributed by atoms with E-state index < -0.39 is 0 Å². The second-order valence-electron chi connectivity index (χ2n) is 6.57. The SMILES string of the molecule is CCN1CCC(CN2CCCN(c3ncccn3)CC2)CC1. The third-order valence-corrected chi connectivity index (χ3v) is 5.09. The van der Waals surface area contributed by atoms with E-state index in [9.17, 15) is 0 Å². The van der Waals surface area contributed by atoms with E-state index in [-0.39, 0.29) is 0 Å². The average molecular weight is 303 g/mol. The van der Waals surface area contributed by atoms with Crippen LogP contribution in [0.25, 0.3) is 0 Å². The van der Waals surface area contributed by atoms with Gasteiger partial charge < -0.3 is 14.7 Å². The van der Waals surface area contributed by atoms with Crippen LogP contribution in [-0.4, -0.2) is 72.1 Å². The van der Waals surface area contributed by atoms with Crippen LogP contribution in [0.4, 0.5) is 5.95 Å². The topological polar surface area (TPSA) is 35.5 Å². The number of aromatic nitrogens is 2. The van der Waals surface area contributed by atoms with Crippen molar-refractivity contribution in [3.8, 4) is 0 Å². The first kappa shape index (κ1) is 15.7. The highest BCUT2D eigenvalue weighted by Crippen LogP contribution is 2.19. The summed E-state index contributed by atoms with van der Waals surface area (Å²) in [5, 5.41) is 0. The van der Waals surface area contributed by atoms with Crippen molar-refractivity contribution in [2.45, 2.75) is 26.2 Å². The Labute approximate surface area is 134 Å². The van der Waals surface area contributed by atoms with Crippen molar-refractivity contribution in [3.63, 3.8) is 0 Å². The largest absolute Gasteiger partial charge is 0.339 e. The summed E-state index contributed by atoms with van der Waals surface area (Å²) in [6, 6.07) is 1.89. The van der Waals surface area contributed by atoms with E-state index in [0.717, 1.165) is 31.5 Å². The summed E-state index contributed by atoms with van der Waals surface area (Å²) in [7, 11) is 0. The first-order valence-corrected chi connectivity index (χ1v) is 8.82. The van der Waals surface area contributed by atoms with Gasteiger partial charge in [0, 0.05) is 38.6 Å². The van der Waals surface area contributed by atoms with E-state index in [1.54, 1.807) is 0 Å². The van der Waals surface area contributed by atoms with Crippen molar-refractivity contribution in [2.75, 3.05) is 57.3 Å². The maximum Gasteiger partial charge on any atom is 0.225 e. The van der Waals surface area contributed by atoms with Gasteiger partial charge in [-0.3, -0.25) is 0 Å². The monoisotopic (exact) mass is 303 g/mol. The number of hydrogen-bond donors (Lipinski definition) is 0. The van der Waals surface area contributed by atoms with Gasteiger partial charge in [-0.2, -0.15) is 0 Å². The van der Waals surface area contributed by atoms with Gasteiger partial charge in [-0.1, -0.05) is 6.92 Å². The van der Waals surface area contributed by atoms with Crippen molar-refractivity contribution in [1.29, 1.82) is 0 Å². The number of rotatable bonds is 4. The molecule has 0 aliphatic carbocycles. The molecule has 3 rings (SSSR count). The lowest BCUT2D eigenvalue weighted by Gasteiger charge is -2.34. The molecule has 0 amide bonds. The van der Waals surface area contributed by atoms with Crippen LogP contribution in [0.3, 0.4) is 0 Å². The van der Waals surface area contributed by atoms with Crippen molar-refractivity contribution >= 4 is 5.95 Å². The molecule has 0 atom stereocenters. The molecule has 2 fully saturated rings. The van der Waals surface area contributed by atoms with Crippen LogP contribution in [-0.2, 0) is 0 Å². The summed E-state index contributed by atoms with van der Waals surface area (Å²) in [6.07, 6.45) is 7.64. The van der Waals surface area contributed by atoms with Crippen LogP contribution in [0.5, 0.6) is 0 Å². The molecule has 1 aromatic rings. The Morgan fingerprint density at radius 1 is 0.955 bits per heavy atom. The summed E-state index contributed by atoms with van der Waals surface area (Å²) >= 11 is 0. The Kier molecular flexibility index (Phi) is 5.62. The van der Waals surface area contributed by atoms with Gasteiger partial charge >= 0.3 is 0 Å². The second-order valence-corrected chi connectivity index (χ2v) is 6.57. The second kappa shape index (κ2) is 7.88. The van der Waals surface area contributed by atoms with Gasteiger partial charge in [0.25, 0.3) is 0 Å². The van der Waals surface area contributed by atoms with E-state index in [2.05, 4.69) is 31.6 Å². The van der Waals surface area contributed by atoms with Gasteiger partial charge in [-0.25, -0.2) is 9.97 Å². The van der Waals surface area contributed by atoms with E-state index in [1.165, 1.54) is 52.0 Å². The fraction of sp³-hybridized carbons (Fsp3) is 0.765. The summed E-state index contributed by atoms with van der Waals surface area (Å²) in [4.78, 5) is 16.4. The van der Waals surface area contributed by atoms with Crippen LogP contribution in [0.15, 0.2) is 18.5 Å². The molecule has 2 aliphatic rings. The molecular weight excluding hydrogens is 274 g/mol. The zero-order chi connectivity index (χ0) is 15.2. The zero-order valence-electron chi connectivity index (χ0n) is 13.8. The molecule has 0 spiro atoms. The standard InChI is InChI=1S/C17H29N5/c1-2-20-11-5-16(6-12-20)15-21-9-4-10-22(14-13-21)17-18-7-3-8-19-17/h3,7-8,16H,2,4-6,9-15H2,1H3. The molecule has 0 saturated carbocycles. The Bertz CT molecular complexity index is 430. The maximum atomic E-state index is 4.39. The molecule has 0 N–H and O–H groups in total. The van der Waals surface area contributed by atoms with E-state index >= 15 is 0 Å². The molecule has 5 heteroatoms. The predicted molar refractivity (Wildman–Crippen MR) is 90.1 cm³/mol.